The minimum absolute atomic E-state index is 0.0515. The Hall–Kier alpha value is -0.260. The first kappa shape index (κ1) is 10.8. The van der Waals surface area contributed by atoms with Gasteiger partial charge in [-0.05, 0) is 10.9 Å². The summed E-state index contributed by atoms with van der Waals surface area (Å²) in [4.78, 5) is 5.39. The first-order chi connectivity index (χ1) is 6.27. The third kappa shape index (κ3) is 3.17. The number of ether oxygens (including phenoxy) is 1. The number of nitrogens with zero attached hydrogens (tertiary/aromatic N) is 1. The molecule has 5 heteroatoms. The Labute approximate surface area is 76.5 Å². The number of hydrogen-bond donors (Lipinski definition) is 0. The van der Waals surface area contributed by atoms with E-state index in [1.165, 1.54) is 0 Å². The number of methoxy groups -OCH3 is 1. The zero-order valence-electron chi connectivity index (χ0n) is 7.71. The van der Waals surface area contributed by atoms with E-state index in [0.717, 1.165) is 0 Å². The van der Waals surface area contributed by atoms with Crippen LogP contribution in [0.15, 0.2) is 0 Å². The highest BCUT2D eigenvalue weighted by atomic mass is 19.3. The SMILES string of the molecule is COCCN1CC(F)C[C@H]1COF. The fourth-order valence-corrected chi connectivity index (χ4v) is 1.65. The average molecular weight is 195 g/mol. The van der Waals surface area contributed by atoms with Gasteiger partial charge >= 0.3 is 0 Å². The molecule has 0 saturated carbocycles. The normalized spacial score (nSPS) is 29.8. The van der Waals surface area contributed by atoms with Crippen molar-refractivity contribution in [1.82, 2.24) is 4.90 Å². The van der Waals surface area contributed by atoms with Crippen LogP contribution in [0.5, 0.6) is 0 Å². The molecule has 0 aliphatic carbocycles. The third-order valence-corrected chi connectivity index (χ3v) is 2.31. The molecule has 0 aromatic heterocycles. The van der Waals surface area contributed by atoms with Gasteiger partial charge in [0.15, 0.2) is 0 Å². The van der Waals surface area contributed by atoms with Crippen LogP contribution in [-0.2, 0) is 9.68 Å². The van der Waals surface area contributed by atoms with Gasteiger partial charge in [-0.15, -0.1) is 0 Å². The standard InChI is InChI=1S/C8H15F2NO2/c1-12-3-2-11-5-7(9)4-8(11)6-13-10/h7-8H,2-6H2,1H3/t7?,8-/m0/s1. The smallest absolute Gasteiger partial charge is 0.114 e. The maximum Gasteiger partial charge on any atom is 0.114 e. The quantitative estimate of drug-likeness (QED) is 0.651. The van der Waals surface area contributed by atoms with Crippen LogP contribution in [-0.4, -0.2) is 50.5 Å². The molecule has 13 heavy (non-hydrogen) atoms. The van der Waals surface area contributed by atoms with Crippen molar-refractivity contribution in [3.05, 3.63) is 0 Å². The molecule has 0 aromatic rings. The van der Waals surface area contributed by atoms with Crippen molar-refractivity contribution >= 4 is 0 Å². The molecule has 0 radical (unpaired) electrons. The van der Waals surface area contributed by atoms with E-state index in [0.29, 0.717) is 26.1 Å². The van der Waals surface area contributed by atoms with E-state index < -0.39 is 6.17 Å². The van der Waals surface area contributed by atoms with E-state index in [-0.39, 0.29) is 12.6 Å². The highest BCUT2D eigenvalue weighted by Gasteiger charge is 2.31. The van der Waals surface area contributed by atoms with Crippen molar-refractivity contribution in [2.75, 3.05) is 33.4 Å². The minimum atomic E-state index is -0.864. The molecule has 3 nitrogen and oxygen atoms in total. The van der Waals surface area contributed by atoms with Crippen LogP contribution >= 0.6 is 0 Å². The molecule has 1 aliphatic heterocycles. The second-order valence-electron chi connectivity index (χ2n) is 3.25. The van der Waals surface area contributed by atoms with Crippen LogP contribution in [0.2, 0.25) is 0 Å². The maximum absolute atomic E-state index is 12.9. The molecule has 0 bridgehead atoms. The highest BCUT2D eigenvalue weighted by Crippen LogP contribution is 2.20. The van der Waals surface area contributed by atoms with Crippen molar-refractivity contribution in [2.24, 2.45) is 0 Å². The predicted molar refractivity (Wildman–Crippen MR) is 43.8 cm³/mol. The van der Waals surface area contributed by atoms with Gasteiger partial charge in [0.05, 0.1) is 6.61 Å². The summed E-state index contributed by atoms with van der Waals surface area (Å²) in [6.45, 7) is 1.47. The summed E-state index contributed by atoms with van der Waals surface area (Å²) in [6, 6.07) is -0.143. The Balaban J connectivity index is 2.31. The maximum atomic E-state index is 12.9. The molecule has 0 N–H and O–H groups in total. The summed E-state index contributed by atoms with van der Waals surface area (Å²) in [5, 5.41) is 0. The largest absolute Gasteiger partial charge is 0.383 e. The lowest BCUT2D eigenvalue weighted by Gasteiger charge is -2.21. The van der Waals surface area contributed by atoms with Crippen LogP contribution in [0.4, 0.5) is 8.92 Å². The summed E-state index contributed by atoms with van der Waals surface area (Å²) in [7, 11) is 1.59. The molecule has 1 rings (SSSR count). The Bertz CT molecular complexity index is 148. The van der Waals surface area contributed by atoms with Crippen LogP contribution < -0.4 is 0 Å². The van der Waals surface area contributed by atoms with Gasteiger partial charge in [-0.2, -0.15) is 4.94 Å². The molecule has 1 saturated heterocycles. The van der Waals surface area contributed by atoms with Gasteiger partial charge in [0.2, 0.25) is 0 Å². The first-order valence-electron chi connectivity index (χ1n) is 4.38. The zero-order valence-corrected chi connectivity index (χ0v) is 7.71. The molecule has 0 aromatic carbocycles. The molecule has 1 heterocycles. The molecular weight excluding hydrogens is 180 g/mol. The lowest BCUT2D eigenvalue weighted by Crippen LogP contribution is -2.35. The monoisotopic (exact) mass is 195 g/mol. The second-order valence-corrected chi connectivity index (χ2v) is 3.25. The Morgan fingerprint density at radius 2 is 2.31 bits per heavy atom. The van der Waals surface area contributed by atoms with E-state index in [1.807, 2.05) is 4.90 Å². The van der Waals surface area contributed by atoms with Crippen LogP contribution in [0.25, 0.3) is 0 Å². The molecular formula is C8H15F2NO2. The summed E-state index contributed by atoms with van der Waals surface area (Å²) in [6.07, 6.45) is -0.509. The molecule has 0 amide bonds. The summed E-state index contributed by atoms with van der Waals surface area (Å²) >= 11 is 0. The van der Waals surface area contributed by atoms with Crippen molar-refractivity contribution in [3.63, 3.8) is 0 Å². The van der Waals surface area contributed by atoms with Gasteiger partial charge in [-0.3, -0.25) is 4.90 Å². The van der Waals surface area contributed by atoms with E-state index in [2.05, 4.69) is 4.94 Å². The highest BCUT2D eigenvalue weighted by molar-refractivity contribution is 4.84. The average Bonchev–Trinajstić information content (AvgIpc) is 2.44. The molecule has 78 valence electrons. The van der Waals surface area contributed by atoms with E-state index >= 15 is 0 Å². The van der Waals surface area contributed by atoms with Crippen molar-refractivity contribution in [3.8, 4) is 0 Å². The number of hydrogen-bond acceptors (Lipinski definition) is 3. The minimum Gasteiger partial charge on any atom is -0.383 e. The molecule has 1 unspecified atom stereocenters. The molecule has 1 aliphatic rings. The predicted octanol–water partition coefficient (Wildman–Crippen LogP) is 0.946. The molecule has 0 spiro atoms. The summed E-state index contributed by atoms with van der Waals surface area (Å²) < 4.78 is 29.4. The number of rotatable bonds is 5. The topological polar surface area (TPSA) is 21.7 Å². The van der Waals surface area contributed by atoms with Gasteiger partial charge < -0.3 is 4.74 Å². The first-order valence-corrected chi connectivity index (χ1v) is 4.38. The van der Waals surface area contributed by atoms with Crippen molar-refractivity contribution in [2.45, 2.75) is 18.6 Å². The van der Waals surface area contributed by atoms with Crippen LogP contribution in [0, 0.1) is 0 Å². The van der Waals surface area contributed by atoms with E-state index in [4.69, 9.17) is 4.74 Å². The molecule has 2 atom stereocenters. The number of halogens is 2. The number of likely N-dealkylation sites (tertiary alicyclic amines) is 1. The fraction of sp³-hybridized carbons (Fsp3) is 1.00. The van der Waals surface area contributed by atoms with Crippen molar-refractivity contribution in [1.29, 1.82) is 0 Å². The lowest BCUT2D eigenvalue weighted by atomic mass is 10.2. The number of alkyl halides is 1. The Kier molecular flexibility index (Phi) is 4.55. The third-order valence-electron chi connectivity index (χ3n) is 2.31. The van der Waals surface area contributed by atoms with Gasteiger partial charge in [-0.25, -0.2) is 4.39 Å². The van der Waals surface area contributed by atoms with Gasteiger partial charge in [0.1, 0.15) is 12.8 Å². The van der Waals surface area contributed by atoms with Crippen LogP contribution in [0.1, 0.15) is 6.42 Å². The van der Waals surface area contributed by atoms with Gasteiger partial charge in [-0.1, -0.05) is 0 Å². The molecule has 1 fully saturated rings. The lowest BCUT2D eigenvalue weighted by molar-refractivity contribution is -0.146. The zero-order chi connectivity index (χ0) is 9.68. The summed E-state index contributed by atoms with van der Waals surface area (Å²) in [5.74, 6) is 0. The fourth-order valence-electron chi connectivity index (χ4n) is 1.65. The Morgan fingerprint density at radius 3 is 2.92 bits per heavy atom. The van der Waals surface area contributed by atoms with E-state index in [9.17, 15) is 8.92 Å². The Morgan fingerprint density at radius 1 is 1.54 bits per heavy atom. The second kappa shape index (κ2) is 5.47. The van der Waals surface area contributed by atoms with Crippen LogP contribution in [0.3, 0.4) is 0 Å². The van der Waals surface area contributed by atoms with Crippen molar-refractivity contribution < 1.29 is 18.6 Å². The van der Waals surface area contributed by atoms with Gasteiger partial charge in [0, 0.05) is 26.2 Å². The summed E-state index contributed by atoms with van der Waals surface area (Å²) in [5.41, 5.74) is 0. The van der Waals surface area contributed by atoms with Gasteiger partial charge in [0.25, 0.3) is 0 Å². The van der Waals surface area contributed by atoms with E-state index in [1.54, 1.807) is 7.11 Å².